The molecule has 0 bridgehead atoms. The summed E-state index contributed by atoms with van der Waals surface area (Å²) in [5, 5.41) is 3.66. The third kappa shape index (κ3) is 5.80. The molecular weight excluding hydrogens is 234 g/mol. The first-order valence-corrected chi connectivity index (χ1v) is 8.23. The lowest BCUT2D eigenvalue weighted by molar-refractivity contribution is 0.159. The number of nitrogens with zero attached hydrogens (tertiary/aromatic N) is 2. The normalized spacial score (nSPS) is 24.2. The summed E-state index contributed by atoms with van der Waals surface area (Å²) >= 11 is 0. The van der Waals surface area contributed by atoms with Crippen LogP contribution in [-0.4, -0.2) is 61.2 Å². The van der Waals surface area contributed by atoms with E-state index in [4.69, 9.17) is 0 Å². The minimum absolute atomic E-state index is 0.271. The first-order valence-electron chi connectivity index (χ1n) is 8.23. The van der Waals surface area contributed by atoms with Crippen LogP contribution in [0, 0.1) is 5.92 Å². The number of piperidine rings is 1. The molecule has 2 saturated heterocycles. The van der Waals surface area contributed by atoms with Crippen LogP contribution in [0.5, 0.6) is 0 Å². The highest BCUT2D eigenvalue weighted by Crippen LogP contribution is 2.17. The second-order valence-electron chi connectivity index (χ2n) is 7.46. The van der Waals surface area contributed by atoms with E-state index in [-0.39, 0.29) is 5.54 Å². The zero-order chi connectivity index (χ0) is 13.7. The molecule has 2 heterocycles. The van der Waals surface area contributed by atoms with Crippen molar-refractivity contribution in [2.24, 2.45) is 5.92 Å². The quantitative estimate of drug-likeness (QED) is 0.824. The van der Waals surface area contributed by atoms with Crippen LogP contribution in [0.1, 0.15) is 46.5 Å². The van der Waals surface area contributed by atoms with Crippen molar-refractivity contribution in [2.45, 2.75) is 52.0 Å². The highest BCUT2D eigenvalue weighted by molar-refractivity contribution is 4.78. The fourth-order valence-corrected chi connectivity index (χ4v) is 3.15. The number of hydrogen-bond acceptors (Lipinski definition) is 3. The minimum atomic E-state index is 0.271. The lowest BCUT2D eigenvalue weighted by atomic mass is 9.95. The van der Waals surface area contributed by atoms with Crippen molar-refractivity contribution in [1.29, 1.82) is 0 Å². The van der Waals surface area contributed by atoms with Crippen LogP contribution in [0.2, 0.25) is 0 Å². The second kappa shape index (κ2) is 7.05. The lowest BCUT2D eigenvalue weighted by Crippen LogP contribution is -2.44. The van der Waals surface area contributed by atoms with Crippen LogP contribution >= 0.6 is 0 Å². The van der Waals surface area contributed by atoms with Gasteiger partial charge in [0.15, 0.2) is 0 Å². The Morgan fingerprint density at radius 3 is 1.95 bits per heavy atom. The zero-order valence-electron chi connectivity index (χ0n) is 13.2. The van der Waals surface area contributed by atoms with E-state index in [9.17, 15) is 0 Å². The van der Waals surface area contributed by atoms with Gasteiger partial charge in [-0.1, -0.05) is 0 Å². The van der Waals surface area contributed by atoms with Crippen LogP contribution in [0.4, 0.5) is 0 Å². The molecular formula is C16H33N3. The number of likely N-dealkylation sites (tertiary alicyclic amines) is 2. The second-order valence-corrected chi connectivity index (χ2v) is 7.46. The van der Waals surface area contributed by atoms with Gasteiger partial charge in [0.05, 0.1) is 0 Å². The predicted molar refractivity (Wildman–Crippen MR) is 82.6 cm³/mol. The van der Waals surface area contributed by atoms with Gasteiger partial charge in [0.2, 0.25) is 0 Å². The van der Waals surface area contributed by atoms with Crippen molar-refractivity contribution in [3.8, 4) is 0 Å². The van der Waals surface area contributed by atoms with Crippen LogP contribution in [-0.2, 0) is 0 Å². The van der Waals surface area contributed by atoms with E-state index in [0.29, 0.717) is 0 Å². The summed E-state index contributed by atoms with van der Waals surface area (Å²) in [6, 6.07) is 0. The van der Waals surface area contributed by atoms with Crippen molar-refractivity contribution in [3.63, 3.8) is 0 Å². The predicted octanol–water partition coefficient (Wildman–Crippen LogP) is 2.18. The first kappa shape index (κ1) is 15.3. The van der Waals surface area contributed by atoms with Gasteiger partial charge in [0.1, 0.15) is 0 Å². The Labute approximate surface area is 119 Å². The number of nitrogens with one attached hydrogen (secondary N) is 1. The summed E-state index contributed by atoms with van der Waals surface area (Å²) in [6.45, 7) is 15.9. The van der Waals surface area contributed by atoms with Crippen LogP contribution in [0.25, 0.3) is 0 Å². The molecule has 0 saturated carbocycles. The van der Waals surface area contributed by atoms with Gasteiger partial charge in [0.25, 0.3) is 0 Å². The molecule has 0 unspecified atom stereocenters. The molecule has 112 valence electrons. The van der Waals surface area contributed by atoms with Crippen LogP contribution < -0.4 is 5.32 Å². The van der Waals surface area contributed by atoms with Crippen molar-refractivity contribution < 1.29 is 0 Å². The van der Waals surface area contributed by atoms with E-state index >= 15 is 0 Å². The third-order valence-corrected chi connectivity index (χ3v) is 4.56. The molecule has 0 atom stereocenters. The molecule has 2 aliphatic rings. The standard InChI is InChI=1S/C16H33N3/c1-16(2,3)17-14-15-6-10-19(11-7-15)13-12-18-8-4-5-9-18/h15,17H,4-14H2,1-3H3. The van der Waals surface area contributed by atoms with Crippen LogP contribution in [0.15, 0.2) is 0 Å². The molecule has 3 heteroatoms. The van der Waals surface area contributed by atoms with E-state index in [2.05, 4.69) is 35.9 Å². The molecule has 0 aliphatic carbocycles. The molecule has 2 rings (SSSR count). The van der Waals surface area contributed by atoms with Gasteiger partial charge in [-0.15, -0.1) is 0 Å². The molecule has 0 aromatic rings. The van der Waals surface area contributed by atoms with Crippen molar-refractivity contribution >= 4 is 0 Å². The summed E-state index contributed by atoms with van der Waals surface area (Å²) in [4.78, 5) is 5.30. The van der Waals surface area contributed by atoms with Gasteiger partial charge in [0, 0.05) is 18.6 Å². The van der Waals surface area contributed by atoms with E-state index in [1.165, 1.54) is 71.5 Å². The van der Waals surface area contributed by atoms with Gasteiger partial charge < -0.3 is 15.1 Å². The Bertz CT molecular complexity index is 245. The van der Waals surface area contributed by atoms with Gasteiger partial charge in [-0.2, -0.15) is 0 Å². The highest BCUT2D eigenvalue weighted by Gasteiger charge is 2.21. The van der Waals surface area contributed by atoms with Crippen molar-refractivity contribution in [1.82, 2.24) is 15.1 Å². The number of hydrogen-bond donors (Lipinski definition) is 1. The minimum Gasteiger partial charge on any atom is -0.312 e. The van der Waals surface area contributed by atoms with Gasteiger partial charge in [-0.25, -0.2) is 0 Å². The van der Waals surface area contributed by atoms with E-state index in [1.807, 2.05) is 0 Å². The maximum atomic E-state index is 3.66. The Morgan fingerprint density at radius 2 is 1.42 bits per heavy atom. The third-order valence-electron chi connectivity index (χ3n) is 4.56. The Balaban J connectivity index is 1.57. The molecule has 2 fully saturated rings. The monoisotopic (exact) mass is 267 g/mol. The zero-order valence-corrected chi connectivity index (χ0v) is 13.2. The SMILES string of the molecule is CC(C)(C)NCC1CCN(CCN2CCCC2)CC1. The summed E-state index contributed by atoms with van der Waals surface area (Å²) in [6.07, 6.45) is 5.59. The maximum Gasteiger partial charge on any atom is 0.0109 e. The molecule has 19 heavy (non-hydrogen) atoms. The lowest BCUT2D eigenvalue weighted by Gasteiger charge is -2.34. The highest BCUT2D eigenvalue weighted by atomic mass is 15.2. The average molecular weight is 267 g/mol. The van der Waals surface area contributed by atoms with Crippen molar-refractivity contribution in [3.05, 3.63) is 0 Å². The summed E-state index contributed by atoms with van der Waals surface area (Å²) in [7, 11) is 0. The molecule has 3 nitrogen and oxygen atoms in total. The molecule has 0 aromatic heterocycles. The number of rotatable bonds is 5. The van der Waals surface area contributed by atoms with E-state index in [1.54, 1.807) is 0 Å². The van der Waals surface area contributed by atoms with E-state index in [0.717, 1.165) is 5.92 Å². The molecule has 0 amide bonds. The summed E-state index contributed by atoms with van der Waals surface area (Å²) in [5.74, 6) is 0.891. The average Bonchev–Trinajstić information content (AvgIpc) is 2.87. The van der Waals surface area contributed by atoms with Gasteiger partial charge in [-0.05, 0) is 85.1 Å². The Morgan fingerprint density at radius 1 is 0.895 bits per heavy atom. The molecule has 0 aromatic carbocycles. The maximum absolute atomic E-state index is 3.66. The molecule has 0 spiro atoms. The Kier molecular flexibility index (Phi) is 5.67. The molecule has 2 aliphatic heterocycles. The van der Waals surface area contributed by atoms with Gasteiger partial charge in [-0.3, -0.25) is 0 Å². The summed E-state index contributed by atoms with van der Waals surface area (Å²) < 4.78 is 0. The largest absolute Gasteiger partial charge is 0.312 e. The van der Waals surface area contributed by atoms with Gasteiger partial charge >= 0.3 is 0 Å². The molecule has 1 N–H and O–H groups in total. The molecule has 0 radical (unpaired) electrons. The topological polar surface area (TPSA) is 18.5 Å². The van der Waals surface area contributed by atoms with Crippen molar-refractivity contribution in [2.75, 3.05) is 45.8 Å². The summed E-state index contributed by atoms with van der Waals surface area (Å²) in [5.41, 5.74) is 0.271. The first-order chi connectivity index (χ1) is 9.03. The smallest absolute Gasteiger partial charge is 0.0109 e. The Hall–Kier alpha value is -0.120. The van der Waals surface area contributed by atoms with Crippen LogP contribution in [0.3, 0.4) is 0 Å². The fourth-order valence-electron chi connectivity index (χ4n) is 3.15. The van der Waals surface area contributed by atoms with E-state index < -0.39 is 0 Å². The fraction of sp³-hybridized carbons (Fsp3) is 1.00.